The number of carbonyl (C=O) groups is 1. The van der Waals surface area contributed by atoms with Gasteiger partial charge in [0.1, 0.15) is 32.1 Å². The molecule has 0 aliphatic rings. The number of carbonyl (C=O) groups excluding carboxylic acids is 1. The van der Waals surface area contributed by atoms with Gasteiger partial charge in [-0.25, -0.2) is 4.79 Å². The molecule has 0 spiro atoms. The second-order valence-corrected chi connectivity index (χ2v) is 10.9. The van der Waals surface area contributed by atoms with Crippen molar-refractivity contribution in [3.05, 3.63) is 42.0 Å². The molecule has 0 aliphatic heterocycles. The summed E-state index contributed by atoms with van der Waals surface area (Å²) in [6.07, 6.45) is 1.12. The van der Waals surface area contributed by atoms with E-state index in [1.165, 1.54) is 5.56 Å². The third-order valence-electron chi connectivity index (χ3n) is 5.22. The van der Waals surface area contributed by atoms with E-state index in [0.717, 1.165) is 29.7 Å². The predicted molar refractivity (Wildman–Crippen MR) is 127 cm³/mol. The minimum absolute atomic E-state index is 0.133. The van der Waals surface area contributed by atoms with Crippen LogP contribution in [-0.2, 0) is 19.7 Å². The Morgan fingerprint density at radius 1 is 0.935 bits per heavy atom. The van der Waals surface area contributed by atoms with Crippen molar-refractivity contribution in [3.63, 3.8) is 0 Å². The largest absolute Gasteiger partial charge is 0.491 e. The van der Waals surface area contributed by atoms with Gasteiger partial charge in [-0.2, -0.15) is 0 Å². The molecule has 0 aliphatic carbocycles. The average Bonchev–Trinajstić information content (AvgIpc) is 2.62. The summed E-state index contributed by atoms with van der Waals surface area (Å²) in [5.74, 6) is 0.536. The smallest absolute Gasteiger partial charge is 0.333 e. The predicted octanol–water partition coefficient (Wildman–Crippen LogP) is 4.99. The van der Waals surface area contributed by atoms with Crippen molar-refractivity contribution in [2.24, 2.45) is 5.41 Å². The van der Waals surface area contributed by atoms with Crippen molar-refractivity contribution in [1.29, 1.82) is 0 Å². The van der Waals surface area contributed by atoms with E-state index < -0.39 is 0 Å². The van der Waals surface area contributed by atoms with E-state index in [-0.39, 0.29) is 11.4 Å². The molecule has 1 aromatic carbocycles. The minimum Gasteiger partial charge on any atom is -0.491 e. The van der Waals surface area contributed by atoms with E-state index in [1.807, 2.05) is 12.1 Å². The first-order chi connectivity index (χ1) is 14.2. The van der Waals surface area contributed by atoms with Gasteiger partial charge in [0.15, 0.2) is 0 Å². The lowest BCUT2D eigenvalue weighted by molar-refractivity contribution is -0.890. The third-order valence-corrected chi connectivity index (χ3v) is 5.22. The van der Waals surface area contributed by atoms with Gasteiger partial charge in [0.05, 0.1) is 27.3 Å². The van der Waals surface area contributed by atoms with Gasteiger partial charge >= 0.3 is 5.97 Å². The number of hydrogen-bond donors (Lipinski definition) is 0. The van der Waals surface area contributed by atoms with E-state index in [1.54, 1.807) is 6.92 Å². The van der Waals surface area contributed by atoms with Gasteiger partial charge in [-0.15, -0.1) is 0 Å². The first kappa shape index (κ1) is 27.2. The fourth-order valence-electron chi connectivity index (χ4n) is 3.68. The maximum absolute atomic E-state index is 11.4. The third kappa shape index (κ3) is 11.4. The molecule has 0 saturated heterocycles. The van der Waals surface area contributed by atoms with Crippen molar-refractivity contribution in [2.45, 2.75) is 53.4 Å². The average molecular weight is 435 g/mol. The van der Waals surface area contributed by atoms with E-state index >= 15 is 0 Å². The van der Waals surface area contributed by atoms with Gasteiger partial charge in [-0.1, -0.05) is 53.3 Å². The fourth-order valence-corrected chi connectivity index (χ4v) is 3.68. The number of nitrogens with zero attached hydrogens (tertiary/aromatic N) is 1. The van der Waals surface area contributed by atoms with Crippen LogP contribution in [0, 0.1) is 5.41 Å². The molecule has 1 rings (SSSR count). The highest BCUT2D eigenvalue weighted by Gasteiger charge is 2.27. The molecule has 0 N–H and O–H groups in total. The van der Waals surface area contributed by atoms with E-state index in [0.29, 0.717) is 37.4 Å². The summed E-state index contributed by atoms with van der Waals surface area (Å²) in [5.41, 5.74) is 2.18. The summed E-state index contributed by atoms with van der Waals surface area (Å²) in [5, 5.41) is 0. The molecule has 0 radical (unpaired) electrons. The topological polar surface area (TPSA) is 44.8 Å². The number of rotatable bonds is 13. The molecule has 5 nitrogen and oxygen atoms in total. The van der Waals surface area contributed by atoms with Crippen molar-refractivity contribution >= 4 is 5.97 Å². The van der Waals surface area contributed by atoms with Crippen LogP contribution in [0.2, 0.25) is 0 Å². The highest BCUT2D eigenvalue weighted by atomic mass is 16.5. The molecule has 0 heterocycles. The quantitative estimate of drug-likeness (QED) is 0.190. The number of hydrogen-bond acceptors (Lipinski definition) is 4. The van der Waals surface area contributed by atoms with Gasteiger partial charge in [0.2, 0.25) is 0 Å². The van der Waals surface area contributed by atoms with Gasteiger partial charge in [-0.3, -0.25) is 0 Å². The van der Waals surface area contributed by atoms with Gasteiger partial charge in [0, 0.05) is 5.57 Å². The Hall–Kier alpha value is -1.85. The fraction of sp³-hybridized carbons (Fsp3) is 0.654. The molecular weight excluding hydrogens is 390 g/mol. The van der Waals surface area contributed by atoms with Crippen LogP contribution in [0.3, 0.4) is 0 Å². The number of quaternary nitrogens is 1. The molecule has 0 fully saturated rings. The van der Waals surface area contributed by atoms with Crippen molar-refractivity contribution in [3.8, 4) is 5.75 Å². The Bertz CT molecular complexity index is 699. The summed E-state index contributed by atoms with van der Waals surface area (Å²) in [6.45, 7) is 20.3. The Kier molecular flexibility index (Phi) is 10.2. The normalized spacial score (nSPS) is 12.5. The zero-order valence-corrected chi connectivity index (χ0v) is 21.0. The van der Waals surface area contributed by atoms with Crippen LogP contribution in [0.1, 0.15) is 53.5 Å². The van der Waals surface area contributed by atoms with E-state index in [4.69, 9.17) is 14.2 Å². The molecule has 0 aromatic heterocycles. The number of esters is 1. The lowest BCUT2D eigenvalue weighted by Gasteiger charge is -2.33. The first-order valence-corrected chi connectivity index (χ1v) is 11.2. The van der Waals surface area contributed by atoms with Crippen molar-refractivity contribution < 1.29 is 23.5 Å². The van der Waals surface area contributed by atoms with Gasteiger partial charge < -0.3 is 18.7 Å². The maximum Gasteiger partial charge on any atom is 0.333 e. The molecule has 31 heavy (non-hydrogen) atoms. The Labute approximate surface area is 190 Å². The van der Waals surface area contributed by atoms with E-state index in [2.05, 4.69) is 67.4 Å². The van der Waals surface area contributed by atoms with Crippen LogP contribution in [0.15, 0.2) is 36.4 Å². The lowest BCUT2D eigenvalue weighted by Crippen LogP contribution is -2.45. The number of ether oxygens (including phenoxy) is 3. The van der Waals surface area contributed by atoms with Crippen LogP contribution >= 0.6 is 0 Å². The van der Waals surface area contributed by atoms with Gasteiger partial charge in [-0.05, 0) is 41.9 Å². The lowest BCUT2D eigenvalue weighted by atomic mass is 9.72. The highest BCUT2D eigenvalue weighted by Crippen LogP contribution is 2.36. The van der Waals surface area contributed by atoms with Crippen molar-refractivity contribution in [1.82, 2.24) is 0 Å². The number of likely N-dealkylation sites (N-methyl/N-ethyl adjacent to an activating group) is 1. The maximum atomic E-state index is 11.4. The first-order valence-electron chi connectivity index (χ1n) is 11.2. The number of benzene rings is 1. The summed E-state index contributed by atoms with van der Waals surface area (Å²) in [7, 11) is 4.19. The monoisotopic (exact) mass is 434 g/mol. The molecule has 0 bridgehead atoms. The molecular formula is C26H44NO4+. The molecule has 0 saturated carbocycles. The zero-order chi connectivity index (χ0) is 23.7. The van der Waals surface area contributed by atoms with Crippen LogP contribution in [-0.4, -0.2) is 64.1 Å². The second-order valence-electron chi connectivity index (χ2n) is 10.9. The molecule has 1 aromatic rings. The van der Waals surface area contributed by atoms with Crippen LogP contribution in [0.25, 0.3) is 0 Å². The zero-order valence-electron chi connectivity index (χ0n) is 21.0. The Morgan fingerprint density at radius 3 is 2.06 bits per heavy atom. The molecule has 0 atom stereocenters. The second kappa shape index (κ2) is 11.7. The van der Waals surface area contributed by atoms with Crippen LogP contribution in [0.5, 0.6) is 5.75 Å². The van der Waals surface area contributed by atoms with Crippen LogP contribution < -0.4 is 4.74 Å². The molecule has 5 heteroatoms. The summed E-state index contributed by atoms with van der Waals surface area (Å²) < 4.78 is 17.4. The standard InChI is InChI=1S/C26H44NO4/c1-21(2)24(28)31-17-15-27(8,9)14-16-29-18-19-30-23-12-10-22(11-13-23)26(6,7)20-25(3,4)5/h10-13H,1,14-20H2,2-9H3/q+1. The SMILES string of the molecule is C=C(C)C(=O)OCC[N+](C)(C)CCOCCOc1ccc(C(C)(C)CC(C)(C)C)cc1. The minimum atomic E-state index is -0.334. The van der Waals surface area contributed by atoms with E-state index in [9.17, 15) is 4.79 Å². The Morgan fingerprint density at radius 2 is 1.52 bits per heavy atom. The molecule has 176 valence electrons. The summed E-state index contributed by atoms with van der Waals surface area (Å²) in [4.78, 5) is 11.4. The van der Waals surface area contributed by atoms with Gasteiger partial charge in [0.25, 0.3) is 0 Å². The summed E-state index contributed by atoms with van der Waals surface area (Å²) >= 11 is 0. The molecule has 0 unspecified atom stereocenters. The van der Waals surface area contributed by atoms with Crippen LogP contribution in [0.4, 0.5) is 0 Å². The molecule has 0 amide bonds. The Balaban J connectivity index is 2.28. The van der Waals surface area contributed by atoms with Crippen molar-refractivity contribution in [2.75, 3.05) is 53.6 Å². The highest BCUT2D eigenvalue weighted by molar-refractivity contribution is 5.86. The summed E-state index contributed by atoms with van der Waals surface area (Å²) in [6, 6.07) is 8.43.